The van der Waals surface area contributed by atoms with Gasteiger partial charge < -0.3 is 5.32 Å². The van der Waals surface area contributed by atoms with Crippen molar-refractivity contribution in [1.82, 2.24) is 5.32 Å². The van der Waals surface area contributed by atoms with Gasteiger partial charge in [-0.3, -0.25) is 0 Å². The molecule has 3 heteroatoms. The van der Waals surface area contributed by atoms with Crippen LogP contribution in [-0.4, -0.2) is 6.54 Å². The molecule has 2 aromatic rings. The van der Waals surface area contributed by atoms with E-state index in [1.165, 1.54) is 16.0 Å². The van der Waals surface area contributed by atoms with Crippen LogP contribution in [0.25, 0.3) is 0 Å². The first kappa shape index (κ1) is 16.4. The molecule has 0 aromatic heterocycles. The summed E-state index contributed by atoms with van der Waals surface area (Å²) in [6.07, 6.45) is 0. The van der Waals surface area contributed by atoms with Crippen LogP contribution in [0.3, 0.4) is 0 Å². The standard InChI is InChI=1S/C18H22ClNS/c1-14(2)11-20-12-15-7-4-6-10-18(15)21-13-16-8-3-5-9-17(16)19/h3-10,14,20H,11-13H2,1-2H3. The molecule has 0 fully saturated rings. The lowest BCUT2D eigenvalue weighted by molar-refractivity contribution is 0.550. The van der Waals surface area contributed by atoms with Crippen molar-refractivity contribution >= 4 is 23.4 Å². The Hall–Kier alpha value is -0.960. The summed E-state index contributed by atoms with van der Waals surface area (Å²) >= 11 is 8.07. The molecule has 0 saturated carbocycles. The Morgan fingerprint density at radius 2 is 1.67 bits per heavy atom. The van der Waals surface area contributed by atoms with Gasteiger partial charge >= 0.3 is 0 Å². The van der Waals surface area contributed by atoms with Crippen molar-refractivity contribution in [1.29, 1.82) is 0 Å². The smallest absolute Gasteiger partial charge is 0.0446 e. The van der Waals surface area contributed by atoms with Crippen LogP contribution in [0.2, 0.25) is 5.02 Å². The Kier molecular flexibility index (Phi) is 6.62. The zero-order valence-corrected chi connectivity index (χ0v) is 14.2. The molecule has 1 nitrogen and oxygen atoms in total. The minimum atomic E-state index is 0.674. The second-order valence-electron chi connectivity index (χ2n) is 5.51. The second-order valence-corrected chi connectivity index (χ2v) is 6.94. The van der Waals surface area contributed by atoms with Gasteiger partial charge in [0.15, 0.2) is 0 Å². The first-order valence-electron chi connectivity index (χ1n) is 7.31. The van der Waals surface area contributed by atoms with Crippen LogP contribution in [0.1, 0.15) is 25.0 Å². The molecule has 0 aliphatic heterocycles. The molecule has 112 valence electrons. The molecule has 2 aromatic carbocycles. The van der Waals surface area contributed by atoms with E-state index in [0.29, 0.717) is 5.92 Å². The van der Waals surface area contributed by atoms with Crippen molar-refractivity contribution in [2.75, 3.05) is 6.54 Å². The molecule has 0 bridgehead atoms. The van der Waals surface area contributed by atoms with Crippen LogP contribution >= 0.6 is 23.4 Å². The lowest BCUT2D eigenvalue weighted by Crippen LogP contribution is -2.19. The number of nitrogens with one attached hydrogen (secondary N) is 1. The summed E-state index contributed by atoms with van der Waals surface area (Å²) in [6.45, 7) is 6.42. The Bertz CT molecular complexity index is 569. The lowest BCUT2D eigenvalue weighted by Gasteiger charge is -2.12. The summed E-state index contributed by atoms with van der Waals surface area (Å²) in [6, 6.07) is 16.6. The molecule has 0 unspecified atom stereocenters. The molecular weight excluding hydrogens is 298 g/mol. The maximum Gasteiger partial charge on any atom is 0.0446 e. The molecular formula is C18H22ClNS. The number of hydrogen-bond donors (Lipinski definition) is 1. The fraction of sp³-hybridized carbons (Fsp3) is 0.333. The van der Waals surface area contributed by atoms with Crippen LogP contribution in [-0.2, 0) is 12.3 Å². The predicted octanol–water partition coefficient (Wildman–Crippen LogP) is 5.38. The third kappa shape index (κ3) is 5.39. The fourth-order valence-electron chi connectivity index (χ4n) is 2.06. The molecule has 2 rings (SSSR count). The van der Waals surface area contributed by atoms with Gasteiger partial charge in [-0.15, -0.1) is 11.8 Å². The molecule has 21 heavy (non-hydrogen) atoms. The molecule has 0 saturated heterocycles. The molecule has 0 amide bonds. The van der Waals surface area contributed by atoms with Gasteiger partial charge in [0.05, 0.1) is 0 Å². The van der Waals surface area contributed by atoms with Gasteiger partial charge in [-0.05, 0) is 35.7 Å². The van der Waals surface area contributed by atoms with E-state index in [1.807, 2.05) is 30.0 Å². The minimum Gasteiger partial charge on any atom is -0.312 e. The van der Waals surface area contributed by atoms with E-state index in [4.69, 9.17) is 11.6 Å². The van der Waals surface area contributed by atoms with E-state index in [9.17, 15) is 0 Å². The van der Waals surface area contributed by atoms with E-state index in [0.717, 1.165) is 23.9 Å². The van der Waals surface area contributed by atoms with Crippen molar-refractivity contribution in [2.24, 2.45) is 5.92 Å². The van der Waals surface area contributed by atoms with Gasteiger partial charge in [0.1, 0.15) is 0 Å². The van der Waals surface area contributed by atoms with E-state index in [-0.39, 0.29) is 0 Å². The Morgan fingerprint density at radius 1 is 1.00 bits per heavy atom. The van der Waals surface area contributed by atoms with Crippen LogP contribution in [0.4, 0.5) is 0 Å². The molecule has 0 aliphatic rings. The van der Waals surface area contributed by atoms with Crippen LogP contribution in [0.5, 0.6) is 0 Å². The highest BCUT2D eigenvalue weighted by molar-refractivity contribution is 7.98. The second kappa shape index (κ2) is 8.47. The maximum absolute atomic E-state index is 6.22. The summed E-state index contributed by atoms with van der Waals surface area (Å²) in [5, 5.41) is 4.36. The summed E-state index contributed by atoms with van der Waals surface area (Å²) in [5.41, 5.74) is 2.55. The van der Waals surface area contributed by atoms with Gasteiger partial charge in [-0.25, -0.2) is 0 Å². The van der Waals surface area contributed by atoms with Crippen molar-refractivity contribution in [2.45, 2.75) is 31.0 Å². The predicted molar refractivity (Wildman–Crippen MR) is 94.0 cm³/mol. The quantitative estimate of drug-likeness (QED) is 0.688. The number of benzene rings is 2. The highest BCUT2D eigenvalue weighted by atomic mass is 35.5. The Balaban J connectivity index is 1.98. The number of hydrogen-bond acceptors (Lipinski definition) is 2. The topological polar surface area (TPSA) is 12.0 Å². The van der Waals surface area contributed by atoms with Gasteiger partial charge in [0.2, 0.25) is 0 Å². The van der Waals surface area contributed by atoms with E-state index in [1.54, 1.807) is 0 Å². The monoisotopic (exact) mass is 319 g/mol. The molecule has 0 radical (unpaired) electrons. The zero-order valence-electron chi connectivity index (χ0n) is 12.6. The van der Waals surface area contributed by atoms with Crippen molar-refractivity contribution in [3.05, 3.63) is 64.7 Å². The van der Waals surface area contributed by atoms with E-state index < -0.39 is 0 Å². The summed E-state index contributed by atoms with van der Waals surface area (Å²) < 4.78 is 0. The van der Waals surface area contributed by atoms with Crippen LogP contribution in [0.15, 0.2) is 53.4 Å². The van der Waals surface area contributed by atoms with Crippen LogP contribution in [0, 0.1) is 5.92 Å². The van der Waals surface area contributed by atoms with Gasteiger partial charge in [-0.1, -0.05) is 61.8 Å². The minimum absolute atomic E-state index is 0.674. The first-order valence-corrected chi connectivity index (χ1v) is 8.68. The molecule has 0 aliphatic carbocycles. The third-order valence-electron chi connectivity index (χ3n) is 3.18. The molecule has 0 atom stereocenters. The third-order valence-corrected chi connectivity index (χ3v) is 4.72. The normalized spacial score (nSPS) is 11.0. The van der Waals surface area contributed by atoms with Crippen molar-refractivity contribution in [3.8, 4) is 0 Å². The first-order chi connectivity index (χ1) is 10.2. The highest BCUT2D eigenvalue weighted by Crippen LogP contribution is 2.28. The number of halogens is 1. The van der Waals surface area contributed by atoms with Crippen LogP contribution < -0.4 is 5.32 Å². The average Bonchev–Trinajstić information content (AvgIpc) is 2.47. The van der Waals surface area contributed by atoms with Crippen molar-refractivity contribution in [3.63, 3.8) is 0 Å². The maximum atomic E-state index is 6.22. The number of rotatable bonds is 7. The van der Waals surface area contributed by atoms with E-state index in [2.05, 4.69) is 49.5 Å². The highest BCUT2D eigenvalue weighted by Gasteiger charge is 2.05. The Labute approximate surface area is 137 Å². The summed E-state index contributed by atoms with van der Waals surface area (Å²) in [7, 11) is 0. The van der Waals surface area contributed by atoms with Crippen molar-refractivity contribution < 1.29 is 0 Å². The van der Waals surface area contributed by atoms with E-state index >= 15 is 0 Å². The van der Waals surface area contributed by atoms with Gasteiger partial charge in [-0.2, -0.15) is 0 Å². The SMILES string of the molecule is CC(C)CNCc1ccccc1SCc1ccccc1Cl. The van der Waals surface area contributed by atoms with Gasteiger partial charge in [0, 0.05) is 22.2 Å². The largest absolute Gasteiger partial charge is 0.312 e. The molecule has 0 spiro atoms. The summed E-state index contributed by atoms with van der Waals surface area (Å²) in [4.78, 5) is 1.33. The molecule has 1 N–H and O–H groups in total. The summed E-state index contributed by atoms with van der Waals surface area (Å²) in [5.74, 6) is 1.58. The average molecular weight is 320 g/mol. The fourth-order valence-corrected chi connectivity index (χ4v) is 3.40. The zero-order chi connectivity index (χ0) is 15.1. The lowest BCUT2D eigenvalue weighted by atomic mass is 10.2. The molecule has 0 heterocycles. The Morgan fingerprint density at radius 3 is 2.38 bits per heavy atom. The number of thioether (sulfide) groups is 1. The van der Waals surface area contributed by atoms with Gasteiger partial charge in [0.25, 0.3) is 0 Å².